The highest BCUT2D eigenvalue weighted by Crippen LogP contribution is 2.38. The summed E-state index contributed by atoms with van der Waals surface area (Å²) in [5.41, 5.74) is 3.06. The standard InChI is InChI=1S/C33H49FN2O3/c1-5-6-7-11-17-39-30-19-26(18-29(34)22-30)20-31(36-25(4)37)32(38)23-35-33(15-9-8-10-16-33)28-14-12-13-27(21-28)24(2)3/h12-14,18-19,21-22,24,31-32,35,38H,5-11,15-17,20,23H2,1-4H3,(H,36,37)/t31-,32-/m0/s1. The Morgan fingerprint density at radius 1 is 1.08 bits per heavy atom. The normalized spacial score (nSPS) is 16.6. The summed E-state index contributed by atoms with van der Waals surface area (Å²) < 4.78 is 20.3. The van der Waals surface area contributed by atoms with Crippen LogP contribution in [-0.2, 0) is 16.8 Å². The highest BCUT2D eigenvalue weighted by atomic mass is 19.1. The summed E-state index contributed by atoms with van der Waals surface area (Å²) in [6.07, 6.45) is 9.29. The van der Waals surface area contributed by atoms with Gasteiger partial charge in [-0.25, -0.2) is 4.39 Å². The first-order chi connectivity index (χ1) is 18.7. The molecule has 3 rings (SSSR count). The summed E-state index contributed by atoms with van der Waals surface area (Å²) in [7, 11) is 0. The van der Waals surface area contributed by atoms with Crippen LogP contribution in [0, 0.1) is 5.82 Å². The lowest BCUT2D eigenvalue weighted by Crippen LogP contribution is -2.53. The fraction of sp³-hybridized carbons (Fsp3) is 0.606. The number of nitrogens with one attached hydrogen (secondary N) is 2. The third-order valence-electron chi connectivity index (χ3n) is 7.97. The second-order valence-electron chi connectivity index (χ2n) is 11.6. The molecule has 0 aromatic heterocycles. The van der Waals surface area contributed by atoms with Gasteiger partial charge in [0.25, 0.3) is 0 Å². The van der Waals surface area contributed by atoms with Crippen molar-refractivity contribution in [3.8, 4) is 5.75 Å². The Bertz CT molecular complexity index is 1040. The van der Waals surface area contributed by atoms with Gasteiger partial charge in [0.2, 0.25) is 5.91 Å². The molecule has 5 nitrogen and oxygen atoms in total. The summed E-state index contributed by atoms with van der Waals surface area (Å²) >= 11 is 0. The maximum absolute atomic E-state index is 14.4. The monoisotopic (exact) mass is 540 g/mol. The van der Waals surface area contributed by atoms with Crippen LogP contribution in [0.4, 0.5) is 4.39 Å². The molecule has 1 aliphatic carbocycles. The first kappa shape index (κ1) is 31.1. The highest BCUT2D eigenvalue weighted by molar-refractivity contribution is 5.73. The molecule has 0 heterocycles. The largest absolute Gasteiger partial charge is 0.493 e. The van der Waals surface area contributed by atoms with Crippen LogP contribution >= 0.6 is 0 Å². The molecule has 1 amide bonds. The molecular weight excluding hydrogens is 491 g/mol. The van der Waals surface area contributed by atoms with Gasteiger partial charge in [-0.2, -0.15) is 0 Å². The summed E-state index contributed by atoms with van der Waals surface area (Å²) in [4.78, 5) is 12.1. The van der Waals surface area contributed by atoms with Gasteiger partial charge in [-0.3, -0.25) is 4.79 Å². The lowest BCUT2D eigenvalue weighted by molar-refractivity contribution is -0.120. The van der Waals surface area contributed by atoms with Crippen LogP contribution in [0.2, 0.25) is 0 Å². The van der Waals surface area contributed by atoms with Crippen molar-refractivity contribution in [2.75, 3.05) is 13.2 Å². The van der Waals surface area contributed by atoms with E-state index in [0.717, 1.165) is 51.4 Å². The second-order valence-corrected chi connectivity index (χ2v) is 11.6. The lowest BCUT2D eigenvalue weighted by atomic mass is 9.75. The third-order valence-corrected chi connectivity index (χ3v) is 7.97. The number of benzene rings is 2. The first-order valence-electron chi connectivity index (χ1n) is 15.0. The van der Waals surface area contributed by atoms with Crippen LogP contribution in [0.15, 0.2) is 42.5 Å². The van der Waals surface area contributed by atoms with Gasteiger partial charge < -0.3 is 20.5 Å². The summed E-state index contributed by atoms with van der Waals surface area (Å²) in [6, 6.07) is 12.9. The van der Waals surface area contributed by atoms with Gasteiger partial charge in [0.1, 0.15) is 11.6 Å². The number of ether oxygens (including phenoxy) is 1. The summed E-state index contributed by atoms with van der Waals surface area (Å²) in [6.45, 7) is 8.89. The molecule has 0 aliphatic heterocycles. The molecule has 2 aromatic carbocycles. The number of amides is 1. The predicted octanol–water partition coefficient (Wildman–Crippen LogP) is 6.77. The minimum Gasteiger partial charge on any atom is -0.493 e. The SMILES string of the molecule is CCCCCCOc1cc(F)cc(C[C@H](NC(C)=O)[C@@H](O)CNC2(c3cccc(C(C)C)c3)CCCCC2)c1. The Kier molecular flexibility index (Phi) is 12.3. The van der Waals surface area contributed by atoms with E-state index in [1.54, 1.807) is 0 Å². The number of hydrogen-bond donors (Lipinski definition) is 3. The molecule has 2 aromatic rings. The van der Waals surface area contributed by atoms with Crippen molar-refractivity contribution in [2.24, 2.45) is 0 Å². The molecule has 1 aliphatic rings. The average molecular weight is 541 g/mol. The van der Waals surface area contributed by atoms with Gasteiger partial charge in [-0.15, -0.1) is 0 Å². The van der Waals surface area contributed by atoms with Gasteiger partial charge in [0.15, 0.2) is 0 Å². The van der Waals surface area contributed by atoms with Gasteiger partial charge in [-0.05, 0) is 60.4 Å². The molecule has 0 spiro atoms. The van der Waals surface area contributed by atoms with E-state index in [-0.39, 0.29) is 17.3 Å². The van der Waals surface area contributed by atoms with E-state index in [1.165, 1.54) is 36.6 Å². The molecule has 1 saturated carbocycles. The number of carbonyl (C=O) groups excluding carboxylic acids is 1. The fourth-order valence-electron chi connectivity index (χ4n) is 5.70. The molecule has 39 heavy (non-hydrogen) atoms. The molecule has 1 fully saturated rings. The molecule has 0 bridgehead atoms. The van der Waals surface area contributed by atoms with Crippen LogP contribution < -0.4 is 15.4 Å². The second kappa shape index (κ2) is 15.4. The minimum atomic E-state index is -0.845. The maximum Gasteiger partial charge on any atom is 0.217 e. The minimum absolute atomic E-state index is 0.206. The van der Waals surface area contributed by atoms with Crippen molar-refractivity contribution in [1.82, 2.24) is 10.6 Å². The molecule has 2 atom stereocenters. The number of rotatable bonds is 15. The summed E-state index contributed by atoms with van der Waals surface area (Å²) in [5.74, 6) is 0.329. The van der Waals surface area contributed by atoms with Crippen molar-refractivity contribution in [2.45, 2.75) is 116 Å². The van der Waals surface area contributed by atoms with E-state index in [4.69, 9.17) is 4.74 Å². The molecule has 216 valence electrons. The molecule has 0 radical (unpaired) electrons. The van der Waals surface area contributed by atoms with Crippen molar-refractivity contribution in [3.63, 3.8) is 0 Å². The number of aliphatic hydroxyl groups excluding tert-OH is 1. The maximum atomic E-state index is 14.4. The van der Waals surface area contributed by atoms with Crippen LogP contribution in [0.25, 0.3) is 0 Å². The molecular formula is C33H49FN2O3. The molecule has 0 saturated heterocycles. The number of hydrogen-bond acceptors (Lipinski definition) is 4. The zero-order chi connectivity index (χ0) is 28.3. The Morgan fingerprint density at radius 2 is 1.85 bits per heavy atom. The van der Waals surface area contributed by atoms with Crippen molar-refractivity contribution < 1.29 is 19.0 Å². The predicted molar refractivity (Wildman–Crippen MR) is 157 cm³/mol. The number of halogens is 1. The van der Waals surface area contributed by atoms with E-state index in [1.807, 2.05) is 6.07 Å². The Balaban J connectivity index is 1.72. The van der Waals surface area contributed by atoms with E-state index in [9.17, 15) is 14.3 Å². The van der Waals surface area contributed by atoms with Crippen LogP contribution in [0.5, 0.6) is 5.75 Å². The number of unbranched alkanes of at least 4 members (excludes halogenated alkanes) is 3. The van der Waals surface area contributed by atoms with E-state index in [2.05, 4.69) is 55.7 Å². The van der Waals surface area contributed by atoms with Gasteiger partial charge in [0, 0.05) is 25.1 Å². The van der Waals surface area contributed by atoms with Crippen LogP contribution in [-0.4, -0.2) is 36.3 Å². The molecule has 0 unspecified atom stereocenters. The van der Waals surface area contributed by atoms with Crippen molar-refractivity contribution in [3.05, 3.63) is 65.0 Å². The van der Waals surface area contributed by atoms with Gasteiger partial charge in [0.05, 0.1) is 18.8 Å². The molecule has 6 heteroatoms. The van der Waals surface area contributed by atoms with E-state index in [0.29, 0.717) is 36.8 Å². The average Bonchev–Trinajstić information content (AvgIpc) is 2.91. The van der Waals surface area contributed by atoms with E-state index < -0.39 is 12.1 Å². The first-order valence-corrected chi connectivity index (χ1v) is 15.0. The Hall–Kier alpha value is -2.44. The van der Waals surface area contributed by atoms with Gasteiger partial charge >= 0.3 is 0 Å². The quantitative estimate of drug-likeness (QED) is 0.218. The number of aliphatic hydroxyl groups is 1. The zero-order valence-electron chi connectivity index (χ0n) is 24.4. The third kappa shape index (κ3) is 9.61. The smallest absolute Gasteiger partial charge is 0.217 e. The van der Waals surface area contributed by atoms with Crippen LogP contribution in [0.1, 0.15) is 108 Å². The van der Waals surface area contributed by atoms with E-state index >= 15 is 0 Å². The summed E-state index contributed by atoms with van der Waals surface area (Å²) in [5, 5.41) is 17.9. The fourth-order valence-corrected chi connectivity index (χ4v) is 5.70. The van der Waals surface area contributed by atoms with Crippen molar-refractivity contribution >= 4 is 5.91 Å². The highest BCUT2D eigenvalue weighted by Gasteiger charge is 2.35. The lowest BCUT2D eigenvalue weighted by Gasteiger charge is -2.40. The van der Waals surface area contributed by atoms with Crippen molar-refractivity contribution in [1.29, 1.82) is 0 Å². The topological polar surface area (TPSA) is 70.6 Å². The Labute approximate surface area is 234 Å². The zero-order valence-corrected chi connectivity index (χ0v) is 24.4. The molecule has 3 N–H and O–H groups in total. The number of carbonyl (C=O) groups is 1. The van der Waals surface area contributed by atoms with Crippen LogP contribution in [0.3, 0.4) is 0 Å². The van der Waals surface area contributed by atoms with Gasteiger partial charge in [-0.1, -0.05) is 83.6 Å². The Morgan fingerprint density at radius 3 is 2.54 bits per heavy atom.